The maximum atomic E-state index is 12.8. The Morgan fingerprint density at radius 1 is 1.15 bits per heavy atom. The molecule has 33 heavy (non-hydrogen) atoms. The number of amides is 1. The van der Waals surface area contributed by atoms with Crippen molar-refractivity contribution in [2.75, 3.05) is 18.5 Å². The Bertz CT molecular complexity index is 1170. The second-order valence-electron chi connectivity index (χ2n) is 7.61. The van der Waals surface area contributed by atoms with Crippen LogP contribution in [0, 0.1) is 6.92 Å². The summed E-state index contributed by atoms with van der Waals surface area (Å²) >= 11 is 1.50. The van der Waals surface area contributed by atoms with Gasteiger partial charge in [-0.1, -0.05) is 36.0 Å². The van der Waals surface area contributed by atoms with Gasteiger partial charge >= 0.3 is 5.97 Å². The van der Waals surface area contributed by atoms with E-state index in [-0.39, 0.29) is 19.1 Å². The van der Waals surface area contributed by atoms with E-state index in [0.29, 0.717) is 17.0 Å². The number of hydrogen-bond acceptors (Lipinski definition) is 7. The summed E-state index contributed by atoms with van der Waals surface area (Å²) in [6.07, 6.45) is 1.91. The standard InChI is InChI=1S/C25H25N3O4S/c1-4-31-24(30)22-17(3)26-25-28(11-12-33-25)23(22)18-8-6-10-20(14-18)32-15-21(29)27-19-9-5-7-16(2)13-19/h5-14,23H,4,15H2,1-3H3,(H,27,29)/t23-/m0/s1. The molecule has 1 amide bonds. The average molecular weight is 464 g/mol. The van der Waals surface area contributed by atoms with Crippen molar-refractivity contribution >= 4 is 34.5 Å². The number of benzene rings is 2. The van der Waals surface area contributed by atoms with Gasteiger partial charge in [0, 0.05) is 11.9 Å². The number of nitrogens with one attached hydrogen (secondary N) is 1. The minimum atomic E-state index is -0.396. The third kappa shape index (κ3) is 5.12. The van der Waals surface area contributed by atoms with Crippen molar-refractivity contribution in [1.29, 1.82) is 0 Å². The van der Waals surface area contributed by atoms with E-state index in [0.717, 1.165) is 22.0 Å². The number of ether oxygens (including phenoxy) is 2. The number of amidine groups is 1. The van der Waals surface area contributed by atoms with E-state index in [2.05, 4.69) is 10.3 Å². The Labute approximate surface area is 197 Å². The number of nitrogens with zero attached hydrogens (tertiary/aromatic N) is 2. The van der Waals surface area contributed by atoms with Gasteiger partial charge in [-0.05, 0) is 61.6 Å². The number of fused-ring (bicyclic) bond motifs is 1. The molecule has 0 bridgehead atoms. The summed E-state index contributed by atoms with van der Waals surface area (Å²) in [7, 11) is 0. The van der Waals surface area contributed by atoms with Gasteiger partial charge in [-0.3, -0.25) is 4.79 Å². The Hall–Kier alpha value is -3.52. The molecule has 2 aliphatic rings. The van der Waals surface area contributed by atoms with Gasteiger partial charge in [0.25, 0.3) is 5.91 Å². The van der Waals surface area contributed by atoms with E-state index in [9.17, 15) is 9.59 Å². The molecule has 0 saturated heterocycles. The van der Waals surface area contributed by atoms with Gasteiger partial charge in [-0.15, -0.1) is 0 Å². The predicted molar refractivity (Wildman–Crippen MR) is 130 cm³/mol. The minimum absolute atomic E-state index is 0.131. The molecule has 4 rings (SSSR count). The lowest BCUT2D eigenvalue weighted by molar-refractivity contribution is -0.139. The highest BCUT2D eigenvalue weighted by atomic mass is 32.2. The first-order chi connectivity index (χ1) is 16.0. The van der Waals surface area contributed by atoms with Crippen molar-refractivity contribution in [1.82, 2.24) is 4.90 Å². The molecule has 170 valence electrons. The Balaban J connectivity index is 1.53. The monoisotopic (exact) mass is 463 g/mol. The van der Waals surface area contributed by atoms with Gasteiger partial charge in [0.05, 0.1) is 23.9 Å². The third-order valence-electron chi connectivity index (χ3n) is 5.16. The highest BCUT2D eigenvalue weighted by Crippen LogP contribution is 2.41. The third-order valence-corrected chi connectivity index (χ3v) is 5.93. The fraction of sp³-hybridized carbons (Fsp3) is 0.240. The molecule has 2 aliphatic heterocycles. The van der Waals surface area contributed by atoms with Crippen molar-refractivity contribution in [2.24, 2.45) is 4.99 Å². The number of aryl methyl sites for hydroxylation is 1. The number of esters is 1. The van der Waals surface area contributed by atoms with Gasteiger partial charge in [-0.2, -0.15) is 0 Å². The Morgan fingerprint density at radius 2 is 1.97 bits per heavy atom. The fourth-order valence-corrected chi connectivity index (χ4v) is 4.53. The zero-order valence-corrected chi connectivity index (χ0v) is 19.5. The maximum absolute atomic E-state index is 12.8. The average Bonchev–Trinajstić information content (AvgIpc) is 3.25. The van der Waals surface area contributed by atoms with Crippen LogP contribution in [0.25, 0.3) is 0 Å². The van der Waals surface area contributed by atoms with Crippen LogP contribution >= 0.6 is 11.8 Å². The molecule has 0 aliphatic carbocycles. The number of aliphatic imine (C=N–C) groups is 1. The van der Waals surface area contributed by atoms with Gasteiger partial charge in [0.1, 0.15) is 5.75 Å². The molecule has 1 N–H and O–H groups in total. The van der Waals surface area contributed by atoms with E-state index in [1.165, 1.54) is 11.8 Å². The molecule has 1 atom stereocenters. The molecule has 2 heterocycles. The van der Waals surface area contributed by atoms with Crippen LogP contribution in [0.4, 0.5) is 5.69 Å². The van der Waals surface area contributed by atoms with E-state index >= 15 is 0 Å². The first-order valence-corrected chi connectivity index (χ1v) is 11.5. The SMILES string of the molecule is CCOC(=O)C1=C(C)N=C2SC=CN2[C@H]1c1cccc(OCC(=O)Nc2cccc(C)c2)c1. The summed E-state index contributed by atoms with van der Waals surface area (Å²) in [6, 6.07) is 14.6. The predicted octanol–water partition coefficient (Wildman–Crippen LogP) is 4.78. The van der Waals surface area contributed by atoms with Crippen molar-refractivity contribution in [3.05, 3.63) is 82.5 Å². The molecule has 0 spiro atoms. The van der Waals surface area contributed by atoms with Gasteiger partial charge in [0.15, 0.2) is 11.8 Å². The molecular formula is C25H25N3O4S. The zero-order valence-electron chi connectivity index (χ0n) is 18.7. The first kappa shape index (κ1) is 22.7. The zero-order chi connectivity index (χ0) is 23.4. The van der Waals surface area contributed by atoms with Gasteiger partial charge < -0.3 is 19.7 Å². The summed E-state index contributed by atoms with van der Waals surface area (Å²) in [6.45, 7) is 5.71. The fourth-order valence-electron chi connectivity index (χ4n) is 3.74. The minimum Gasteiger partial charge on any atom is -0.484 e. The Kier molecular flexibility index (Phi) is 6.84. The number of rotatable bonds is 7. The number of anilines is 1. The number of carbonyl (C=O) groups is 2. The van der Waals surface area contributed by atoms with Crippen LogP contribution < -0.4 is 10.1 Å². The van der Waals surface area contributed by atoms with Crippen LogP contribution in [0.2, 0.25) is 0 Å². The highest BCUT2D eigenvalue weighted by molar-refractivity contribution is 8.16. The number of thioether (sulfide) groups is 1. The second-order valence-corrected chi connectivity index (χ2v) is 8.48. The first-order valence-electron chi connectivity index (χ1n) is 10.6. The quantitative estimate of drug-likeness (QED) is 0.595. The summed E-state index contributed by atoms with van der Waals surface area (Å²) in [5.74, 6) is -0.107. The van der Waals surface area contributed by atoms with E-state index in [4.69, 9.17) is 9.47 Å². The number of hydrogen-bond donors (Lipinski definition) is 1. The molecule has 7 nitrogen and oxygen atoms in total. The van der Waals surface area contributed by atoms with Crippen molar-refractivity contribution in [3.8, 4) is 5.75 Å². The van der Waals surface area contributed by atoms with Crippen molar-refractivity contribution in [3.63, 3.8) is 0 Å². The van der Waals surface area contributed by atoms with Gasteiger partial charge in [0.2, 0.25) is 0 Å². The summed E-state index contributed by atoms with van der Waals surface area (Å²) in [5, 5.41) is 5.57. The number of allylic oxidation sites excluding steroid dienone is 1. The van der Waals surface area contributed by atoms with E-state index in [1.54, 1.807) is 13.0 Å². The van der Waals surface area contributed by atoms with Crippen LogP contribution in [-0.4, -0.2) is 35.2 Å². The second kappa shape index (κ2) is 9.95. The molecule has 0 saturated carbocycles. The Morgan fingerprint density at radius 3 is 2.76 bits per heavy atom. The molecule has 2 aromatic rings. The maximum Gasteiger partial charge on any atom is 0.338 e. The van der Waals surface area contributed by atoms with Crippen LogP contribution in [0.1, 0.15) is 31.0 Å². The van der Waals surface area contributed by atoms with Crippen LogP contribution in [0.3, 0.4) is 0 Å². The van der Waals surface area contributed by atoms with Crippen LogP contribution in [0.15, 0.2) is 76.4 Å². The van der Waals surface area contributed by atoms with Gasteiger partial charge in [-0.25, -0.2) is 9.79 Å². The molecule has 0 radical (unpaired) electrons. The van der Waals surface area contributed by atoms with Crippen molar-refractivity contribution in [2.45, 2.75) is 26.8 Å². The molecular weight excluding hydrogens is 438 g/mol. The molecule has 2 aromatic carbocycles. The lowest BCUT2D eigenvalue weighted by Crippen LogP contribution is -2.34. The van der Waals surface area contributed by atoms with Crippen LogP contribution in [0.5, 0.6) is 5.75 Å². The van der Waals surface area contributed by atoms with Crippen molar-refractivity contribution < 1.29 is 19.1 Å². The normalized spacial score (nSPS) is 16.9. The molecule has 0 fully saturated rings. The lowest BCUT2D eigenvalue weighted by atomic mass is 9.94. The largest absolute Gasteiger partial charge is 0.484 e. The topological polar surface area (TPSA) is 80.2 Å². The highest BCUT2D eigenvalue weighted by Gasteiger charge is 2.37. The summed E-state index contributed by atoms with van der Waals surface area (Å²) in [4.78, 5) is 31.7. The molecule has 0 unspecified atom stereocenters. The molecule has 0 aromatic heterocycles. The smallest absolute Gasteiger partial charge is 0.338 e. The number of carbonyl (C=O) groups excluding carboxylic acids is 2. The summed E-state index contributed by atoms with van der Waals surface area (Å²) < 4.78 is 11.1. The van der Waals surface area contributed by atoms with Crippen LogP contribution in [-0.2, 0) is 14.3 Å². The molecule has 8 heteroatoms. The van der Waals surface area contributed by atoms with E-state index < -0.39 is 12.0 Å². The summed E-state index contributed by atoms with van der Waals surface area (Å²) in [5.41, 5.74) is 3.75. The van der Waals surface area contributed by atoms with E-state index in [1.807, 2.05) is 72.8 Å². The lowest BCUT2D eigenvalue weighted by Gasteiger charge is -2.33.